The SMILES string of the molecule is CC1C2C(=O)OC3C2OC1[C@@H]3C. The minimum atomic E-state index is -0.0376. The van der Waals surface area contributed by atoms with Crippen molar-refractivity contribution in [3.63, 3.8) is 0 Å². The van der Waals surface area contributed by atoms with Crippen molar-refractivity contribution in [2.24, 2.45) is 17.8 Å². The van der Waals surface area contributed by atoms with E-state index in [1.165, 1.54) is 0 Å². The van der Waals surface area contributed by atoms with Crippen LogP contribution in [0.1, 0.15) is 13.8 Å². The first-order valence-electron chi connectivity index (χ1n) is 4.56. The normalized spacial score (nSPS) is 61.0. The lowest BCUT2D eigenvalue weighted by molar-refractivity contribution is -0.144. The molecule has 3 rings (SSSR count). The maximum absolute atomic E-state index is 11.3. The van der Waals surface area contributed by atoms with E-state index in [0.29, 0.717) is 11.8 Å². The van der Waals surface area contributed by atoms with Gasteiger partial charge in [-0.05, 0) is 5.92 Å². The standard InChI is InChI=1S/C9H12O3/c1-3-5-8-7(12-9(5)10)4(2)6(3)11-8/h3-8H,1-2H3/t3?,4-,5?,6?,7?,8?/m0/s1. The molecule has 3 saturated heterocycles. The Morgan fingerprint density at radius 3 is 2.50 bits per heavy atom. The number of fused-ring (bicyclic) bond motifs is 1. The summed E-state index contributed by atoms with van der Waals surface area (Å²) in [6.45, 7) is 4.20. The minimum absolute atomic E-state index is 0.0376. The first-order valence-corrected chi connectivity index (χ1v) is 4.56. The Hall–Kier alpha value is -0.570. The summed E-state index contributed by atoms with van der Waals surface area (Å²) in [5.74, 6) is 0.754. The van der Waals surface area contributed by atoms with Gasteiger partial charge in [0.15, 0.2) is 0 Å². The smallest absolute Gasteiger partial charge is 0.312 e. The Bertz CT molecular complexity index is 250. The Morgan fingerprint density at radius 2 is 1.83 bits per heavy atom. The highest BCUT2D eigenvalue weighted by atomic mass is 16.6. The van der Waals surface area contributed by atoms with E-state index in [2.05, 4.69) is 13.8 Å². The molecule has 0 radical (unpaired) electrons. The van der Waals surface area contributed by atoms with Crippen molar-refractivity contribution in [1.29, 1.82) is 0 Å². The van der Waals surface area contributed by atoms with Gasteiger partial charge >= 0.3 is 5.97 Å². The third kappa shape index (κ3) is 0.534. The number of ether oxygens (including phenoxy) is 2. The molecule has 0 aromatic carbocycles. The van der Waals surface area contributed by atoms with Gasteiger partial charge in [0.25, 0.3) is 0 Å². The van der Waals surface area contributed by atoms with Crippen LogP contribution in [0.3, 0.4) is 0 Å². The summed E-state index contributed by atoms with van der Waals surface area (Å²) in [5, 5.41) is 0. The van der Waals surface area contributed by atoms with Crippen LogP contribution in [-0.4, -0.2) is 24.3 Å². The molecule has 0 amide bonds. The zero-order valence-electron chi connectivity index (χ0n) is 7.19. The van der Waals surface area contributed by atoms with E-state index in [1.807, 2.05) is 0 Å². The van der Waals surface area contributed by atoms with Crippen LogP contribution in [0, 0.1) is 17.8 Å². The van der Waals surface area contributed by atoms with E-state index in [-0.39, 0.29) is 30.2 Å². The zero-order chi connectivity index (χ0) is 8.46. The molecule has 3 nitrogen and oxygen atoms in total. The van der Waals surface area contributed by atoms with E-state index in [4.69, 9.17) is 9.47 Å². The number of carbonyl (C=O) groups excluding carboxylic acids is 1. The van der Waals surface area contributed by atoms with Gasteiger partial charge in [0.05, 0.1) is 12.0 Å². The van der Waals surface area contributed by atoms with Crippen molar-refractivity contribution < 1.29 is 14.3 Å². The highest BCUT2D eigenvalue weighted by molar-refractivity contribution is 5.77. The van der Waals surface area contributed by atoms with Gasteiger partial charge < -0.3 is 9.47 Å². The highest BCUT2D eigenvalue weighted by Gasteiger charge is 2.65. The number of rotatable bonds is 0. The van der Waals surface area contributed by atoms with Gasteiger partial charge in [-0.15, -0.1) is 0 Å². The monoisotopic (exact) mass is 168 g/mol. The van der Waals surface area contributed by atoms with Crippen LogP contribution in [0.2, 0.25) is 0 Å². The van der Waals surface area contributed by atoms with Gasteiger partial charge in [0.1, 0.15) is 12.2 Å². The molecular weight excluding hydrogens is 156 g/mol. The average molecular weight is 168 g/mol. The number of carbonyl (C=O) groups is 1. The predicted molar refractivity (Wildman–Crippen MR) is 40.4 cm³/mol. The second-order valence-corrected chi connectivity index (χ2v) is 4.21. The van der Waals surface area contributed by atoms with Gasteiger partial charge in [0.2, 0.25) is 0 Å². The summed E-state index contributed by atoms with van der Waals surface area (Å²) >= 11 is 0. The van der Waals surface area contributed by atoms with Crippen molar-refractivity contribution in [2.45, 2.75) is 32.2 Å². The predicted octanol–water partition coefficient (Wildman–Crippen LogP) is 0.581. The molecule has 12 heavy (non-hydrogen) atoms. The van der Waals surface area contributed by atoms with E-state index >= 15 is 0 Å². The van der Waals surface area contributed by atoms with E-state index in [0.717, 1.165) is 0 Å². The lowest BCUT2D eigenvalue weighted by atomic mass is 9.76. The Kier molecular flexibility index (Phi) is 1.06. The van der Waals surface area contributed by atoms with Gasteiger partial charge in [-0.1, -0.05) is 13.8 Å². The summed E-state index contributed by atoms with van der Waals surface area (Å²) < 4.78 is 11.0. The van der Waals surface area contributed by atoms with Crippen LogP contribution in [0.5, 0.6) is 0 Å². The quantitative estimate of drug-likeness (QED) is 0.496. The van der Waals surface area contributed by atoms with Crippen molar-refractivity contribution in [3.05, 3.63) is 0 Å². The summed E-state index contributed by atoms with van der Waals surface area (Å²) in [7, 11) is 0. The molecule has 0 aromatic heterocycles. The summed E-state index contributed by atoms with van der Waals surface area (Å²) in [6, 6.07) is 0. The molecule has 66 valence electrons. The van der Waals surface area contributed by atoms with Crippen molar-refractivity contribution >= 4 is 5.97 Å². The molecule has 5 unspecified atom stereocenters. The molecule has 0 aromatic rings. The van der Waals surface area contributed by atoms with E-state index in [9.17, 15) is 4.79 Å². The number of esters is 1. The van der Waals surface area contributed by atoms with Crippen molar-refractivity contribution in [2.75, 3.05) is 0 Å². The summed E-state index contributed by atoms with van der Waals surface area (Å²) in [6.07, 6.45) is 0.396. The summed E-state index contributed by atoms with van der Waals surface area (Å²) in [4.78, 5) is 11.3. The first-order chi connectivity index (χ1) is 5.70. The van der Waals surface area contributed by atoms with Gasteiger partial charge in [0, 0.05) is 5.92 Å². The zero-order valence-corrected chi connectivity index (χ0v) is 7.19. The molecule has 3 aliphatic heterocycles. The fourth-order valence-corrected chi connectivity index (χ4v) is 3.00. The molecule has 3 fully saturated rings. The molecule has 2 bridgehead atoms. The van der Waals surface area contributed by atoms with Gasteiger partial charge in [-0.2, -0.15) is 0 Å². The van der Waals surface area contributed by atoms with Crippen LogP contribution in [0.15, 0.2) is 0 Å². The van der Waals surface area contributed by atoms with E-state index in [1.54, 1.807) is 0 Å². The van der Waals surface area contributed by atoms with Gasteiger partial charge in [-0.25, -0.2) is 0 Å². The molecule has 3 aliphatic rings. The van der Waals surface area contributed by atoms with Crippen molar-refractivity contribution in [3.8, 4) is 0 Å². The second kappa shape index (κ2) is 1.84. The minimum Gasteiger partial charge on any atom is -0.459 e. The molecule has 6 atom stereocenters. The average Bonchev–Trinajstić information content (AvgIpc) is 2.56. The second-order valence-electron chi connectivity index (χ2n) is 4.21. The van der Waals surface area contributed by atoms with Crippen LogP contribution >= 0.6 is 0 Å². The fraction of sp³-hybridized carbons (Fsp3) is 0.889. The Labute approximate surface area is 71.0 Å². The molecule has 3 heteroatoms. The van der Waals surface area contributed by atoms with Crippen LogP contribution in [0.4, 0.5) is 0 Å². The molecule has 0 saturated carbocycles. The lowest BCUT2D eigenvalue weighted by Gasteiger charge is -2.22. The fourth-order valence-electron chi connectivity index (χ4n) is 3.00. The molecule has 0 aliphatic carbocycles. The lowest BCUT2D eigenvalue weighted by Crippen LogP contribution is -2.35. The van der Waals surface area contributed by atoms with Gasteiger partial charge in [-0.3, -0.25) is 4.79 Å². The Balaban J connectivity index is 2.06. The molecule has 0 N–H and O–H groups in total. The number of hydrogen-bond acceptors (Lipinski definition) is 3. The van der Waals surface area contributed by atoms with E-state index < -0.39 is 0 Å². The van der Waals surface area contributed by atoms with Crippen molar-refractivity contribution in [1.82, 2.24) is 0 Å². The first kappa shape index (κ1) is 6.89. The maximum Gasteiger partial charge on any atom is 0.312 e. The largest absolute Gasteiger partial charge is 0.459 e. The Morgan fingerprint density at radius 1 is 1.08 bits per heavy atom. The number of hydrogen-bond donors (Lipinski definition) is 0. The molecular formula is C9H12O3. The molecule has 0 spiro atoms. The highest BCUT2D eigenvalue weighted by Crippen LogP contribution is 2.52. The van der Waals surface area contributed by atoms with Crippen LogP contribution in [0.25, 0.3) is 0 Å². The topological polar surface area (TPSA) is 35.5 Å². The third-order valence-electron chi connectivity index (χ3n) is 3.64. The van der Waals surface area contributed by atoms with Crippen LogP contribution < -0.4 is 0 Å². The maximum atomic E-state index is 11.3. The van der Waals surface area contributed by atoms with Crippen LogP contribution in [-0.2, 0) is 14.3 Å². The third-order valence-corrected chi connectivity index (χ3v) is 3.64. The molecule has 3 heterocycles. The summed E-state index contributed by atoms with van der Waals surface area (Å²) in [5.41, 5.74) is 0.